The largest absolute Gasteiger partial charge is 0.419 e. The first-order valence-electron chi connectivity index (χ1n) is 3.78. The van der Waals surface area contributed by atoms with Crippen LogP contribution >= 0.6 is 0 Å². The van der Waals surface area contributed by atoms with E-state index in [1.807, 2.05) is 0 Å². The van der Waals surface area contributed by atoms with Gasteiger partial charge in [-0.25, -0.2) is 4.39 Å². The summed E-state index contributed by atoms with van der Waals surface area (Å²) in [7, 11) is 0. The van der Waals surface area contributed by atoms with Gasteiger partial charge < -0.3 is 0 Å². The van der Waals surface area contributed by atoms with Crippen LogP contribution in [0.4, 0.5) is 17.6 Å². The standard InChI is InChI=1S/C8H5F4NO2/c9-7-5(4-13(14)15)2-1-3-6(7)8(10,11)12/h1-3H,4H2. The molecule has 1 rings (SSSR count). The third kappa shape index (κ3) is 2.64. The van der Waals surface area contributed by atoms with Gasteiger partial charge in [-0.1, -0.05) is 6.07 Å². The first-order valence-corrected chi connectivity index (χ1v) is 3.78. The second-order valence-electron chi connectivity index (χ2n) is 2.77. The van der Waals surface area contributed by atoms with Crippen molar-refractivity contribution in [2.24, 2.45) is 0 Å². The molecule has 0 aliphatic carbocycles. The van der Waals surface area contributed by atoms with Crippen LogP contribution in [-0.2, 0) is 12.7 Å². The van der Waals surface area contributed by atoms with Crippen molar-refractivity contribution < 1.29 is 22.5 Å². The number of hydrogen-bond acceptors (Lipinski definition) is 2. The number of hydrogen-bond donors (Lipinski definition) is 0. The lowest BCUT2D eigenvalue weighted by Gasteiger charge is -2.08. The Hall–Kier alpha value is -1.66. The molecule has 0 spiro atoms. The molecule has 0 saturated carbocycles. The zero-order valence-corrected chi connectivity index (χ0v) is 7.21. The van der Waals surface area contributed by atoms with Crippen molar-refractivity contribution in [2.75, 3.05) is 0 Å². The maximum absolute atomic E-state index is 13.1. The Morgan fingerprint density at radius 3 is 2.40 bits per heavy atom. The fourth-order valence-electron chi connectivity index (χ4n) is 1.06. The number of halogens is 4. The molecule has 7 heteroatoms. The normalized spacial score (nSPS) is 11.5. The van der Waals surface area contributed by atoms with Crippen LogP contribution in [0.3, 0.4) is 0 Å². The van der Waals surface area contributed by atoms with Gasteiger partial charge in [0.2, 0.25) is 6.54 Å². The Morgan fingerprint density at radius 1 is 1.33 bits per heavy atom. The Morgan fingerprint density at radius 2 is 1.93 bits per heavy atom. The van der Waals surface area contributed by atoms with Gasteiger partial charge in [0.25, 0.3) is 0 Å². The van der Waals surface area contributed by atoms with E-state index >= 15 is 0 Å². The highest BCUT2D eigenvalue weighted by Gasteiger charge is 2.35. The smallest absolute Gasteiger partial charge is 0.264 e. The number of nitrogens with zero attached hydrogens (tertiary/aromatic N) is 1. The Labute approximate surface area is 81.5 Å². The number of alkyl halides is 3. The molecule has 0 saturated heterocycles. The van der Waals surface area contributed by atoms with E-state index in [0.29, 0.717) is 6.07 Å². The van der Waals surface area contributed by atoms with Crippen LogP contribution in [0.1, 0.15) is 11.1 Å². The summed E-state index contributed by atoms with van der Waals surface area (Å²) < 4.78 is 49.6. The highest BCUT2D eigenvalue weighted by molar-refractivity contribution is 5.27. The minimum atomic E-state index is -4.84. The van der Waals surface area contributed by atoms with Crippen LogP contribution in [0.2, 0.25) is 0 Å². The molecule has 0 fully saturated rings. The zero-order valence-electron chi connectivity index (χ0n) is 7.21. The molecular formula is C8H5F4NO2. The van der Waals surface area contributed by atoms with Gasteiger partial charge in [-0.2, -0.15) is 13.2 Å². The molecule has 0 aliphatic rings. The monoisotopic (exact) mass is 223 g/mol. The summed E-state index contributed by atoms with van der Waals surface area (Å²) in [5.74, 6) is -1.58. The highest BCUT2D eigenvalue weighted by Crippen LogP contribution is 2.32. The predicted molar refractivity (Wildman–Crippen MR) is 42.1 cm³/mol. The quantitative estimate of drug-likeness (QED) is 0.439. The molecular weight excluding hydrogens is 218 g/mol. The highest BCUT2D eigenvalue weighted by atomic mass is 19.4. The van der Waals surface area contributed by atoms with Crippen LogP contribution in [-0.4, -0.2) is 4.92 Å². The lowest BCUT2D eigenvalue weighted by atomic mass is 10.1. The van der Waals surface area contributed by atoms with Crippen molar-refractivity contribution in [1.29, 1.82) is 0 Å². The van der Waals surface area contributed by atoms with Gasteiger partial charge in [0.1, 0.15) is 5.82 Å². The average molecular weight is 223 g/mol. The molecule has 0 aliphatic heterocycles. The van der Waals surface area contributed by atoms with E-state index in [2.05, 4.69) is 0 Å². The summed E-state index contributed by atoms with van der Waals surface area (Å²) in [6.45, 7) is -0.963. The lowest BCUT2D eigenvalue weighted by Crippen LogP contribution is -2.11. The third-order valence-electron chi connectivity index (χ3n) is 1.68. The number of rotatable bonds is 2. The van der Waals surface area contributed by atoms with E-state index < -0.39 is 34.6 Å². The summed E-state index contributed by atoms with van der Waals surface area (Å²) in [6.07, 6.45) is -4.84. The van der Waals surface area contributed by atoms with Gasteiger partial charge in [0.15, 0.2) is 0 Å². The van der Waals surface area contributed by atoms with Crippen molar-refractivity contribution >= 4 is 0 Å². The summed E-state index contributed by atoms with van der Waals surface area (Å²) in [6, 6.07) is 2.43. The van der Waals surface area contributed by atoms with Crippen LogP contribution in [0, 0.1) is 15.9 Å². The van der Waals surface area contributed by atoms with Crippen LogP contribution < -0.4 is 0 Å². The van der Waals surface area contributed by atoms with Crippen LogP contribution in [0.15, 0.2) is 18.2 Å². The fourth-order valence-corrected chi connectivity index (χ4v) is 1.06. The topological polar surface area (TPSA) is 43.1 Å². The molecule has 0 radical (unpaired) electrons. The molecule has 0 bridgehead atoms. The number of nitro groups is 1. The van der Waals surface area contributed by atoms with E-state index in [-0.39, 0.29) is 0 Å². The van der Waals surface area contributed by atoms with E-state index in [9.17, 15) is 27.7 Å². The second-order valence-corrected chi connectivity index (χ2v) is 2.77. The van der Waals surface area contributed by atoms with E-state index in [0.717, 1.165) is 12.1 Å². The SMILES string of the molecule is O=[N+]([O-])Cc1cccc(C(F)(F)F)c1F. The van der Waals surface area contributed by atoms with Gasteiger partial charge in [0, 0.05) is 4.92 Å². The Kier molecular flexibility index (Phi) is 2.92. The summed E-state index contributed by atoms with van der Waals surface area (Å²) in [5.41, 5.74) is -2.06. The molecule has 0 amide bonds. The lowest BCUT2D eigenvalue weighted by molar-refractivity contribution is -0.497. The molecule has 82 valence electrons. The van der Waals surface area contributed by atoms with Crippen molar-refractivity contribution in [1.82, 2.24) is 0 Å². The predicted octanol–water partition coefficient (Wildman–Crippen LogP) is 2.62. The molecule has 0 atom stereocenters. The fraction of sp³-hybridized carbons (Fsp3) is 0.250. The van der Waals surface area contributed by atoms with E-state index in [4.69, 9.17) is 0 Å². The van der Waals surface area contributed by atoms with Gasteiger partial charge in [-0.3, -0.25) is 10.1 Å². The van der Waals surface area contributed by atoms with Gasteiger partial charge in [-0.15, -0.1) is 0 Å². The third-order valence-corrected chi connectivity index (χ3v) is 1.68. The molecule has 0 unspecified atom stereocenters. The van der Waals surface area contributed by atoms with Crippen molar-refractivity contribution in [2.45, 2.75) is 12.7 Å². The van der Waals surface area contributed by atoms with Crippen LogP contribution in [0.5, 0.6) is 0 Å². The molecule has 15 heavy (non-hydrogen) atoms. The molecule has 3 nitrogen and oxygen atoms in total. The Balaban J connectivity index is 3.17. The van der Waals surface area contributed by atoms with Gasteiger partial charge in [0.05, 0.1) is 11.1 Å². The van der Waals surface area contributed by atoms with Crippen molar-refractivity contribution in [3.63, 3.8) is 0 Å². The Bertz CT molecular complexity index is 389. The van der Waals surface area contributed by atoms with E-state index in [1.54, 1.807) is 0 Å². The first-order chi connectivity index (χ1) is 6.82. The minimum Gasteiger partial charge on any atom is -0.264 e. The minimum absolute atomic E-state index is 0.540. The average Bonchev–Trinajstić information content (AvgIpc) is 2.05. The zero-order chi connectivity index (χ0) is 11.6. The van der Waals surface area contributed by atoms with Crippen LogP contribution in [0.25, 0.3) is 0 Å². The molecule has 1 aromatic rings. The molecule has 1 aromatic carbocycles. The maximum atomic E-state index is 13.1. The molecule has 0 aromatic heterocycles. The first kappa shape index (κ1) is 11.4. The maximum Gasteiger partial charge on any atom is 0.419 e. The van der Waals surface area contributed by atoms with E-state index in [1.165, 1.54) is 0 Å². The molecule has 0 N–H and O–H groups in total. The summed E-state index contributed by atoms with van der Waals surface area (Å²) >= 11 is 0. The van der Waals surface area contributed by atoms with Gasteiger partial charge in [-0.05, 0) is 12.1 Å². The van der Waals surface area contributed by atoms with Gasteiger partial charge >= 0.3 is 6.18 Å². The summed E-state index contributed by atoms with van der Waals surface area (Å²) in [5, 5.41) is 10.0. The second kappa shape index (κ2) is 3.84. The summed E-state index contributed by atoms with van der Waals surface area (Å²) in [4.78, 5) is 9.15. The van der Waals surface area contributed by atoms with Crippen molar-refractivity contribution in [3.8, 4) is 0 Å². The van der Waals surface area contributed by atoms with Crippen molar-refractivity contribution in [3.05, 3.63) is 45.3 Å². The molecule has 0 heterocycles. The number of benzene rings is 1.